The van der Waals surface area contributed by atoms with Crippen LogP contribution in [0.5, 0.6) is 0 Å². The number of carbonyl (C=O) groups excluding carboxylic acids is 1. The molecule has 3 rings (SSSR count). The van der Waals surface area contributed by atoms with Gasteiger partial charge in [0.1, 0.15) is 5.82 Å². The first-order valence-electron chi connectivity index (χ1n) is 7.48. The summed E-state index contributed by atoms with van der Waals surface area (Å²) in [4.78, 5) is 19.9. The van der Waals surface area contributed by atoms with Gasteiger partial charge in [-0.3, -0.25) is 4.79 Å². The first kappa shape index (κ1) is 14.3. The van der Waals surface area contributed by atoms with E-state index in [4.69, 9.17) is 0 Å². The highest BCUT2D eigenvalue weighted by molar-refractivity contribution is 5.97. The van der Waals surface area contributed by atoms with Crippen molar-refractivity contribution in [1.29, 1.82) is 0 Å². The second kappa shape index (κ2) is 6.02. The second-order valence-electron chi connectivity index (χ2n) is 5.44. The van der Waals surface area contributed by atoms with Gasteiger partial charge in [0.2, 0.25) is 0 Å². The van der Waals surface area contributed by atoms with E-state index >= 15 is 0 Å². The average Bonchev–Trinajstić information content (AvgIpc) is 2.96. The number of rotatable bonds is 4. The molecule has 0 saturated heterocycles. The predicted octanol–water partition coefficient (Wildman–Crippen LogP) is 3.36. The molecule has 0 fully saturated rings. The Morgan fingerprint density at radius 2 is 1.95 bits per heavy atom. The fraction of sp³-hybridized carbons (Fsp3) is 0.222. The Balaban J connectivity index is 1.72. The van der Waals surface area contributed by atoms with Crippen molar-refractivity contribution in [3.05, 3.63) is 65.0 Å². The number of H-pyrrole nitrogens is 1. The van der Waals surface area contributed by atoms with Gasteiger partial charge in [-0.15, -0.1) is 0 Å². The Hall–Kier alpha value is -2.62. The number of benzene rings is 2. The number of aromatic amines is 1. The Morgan fingerprint density at radius 1 is 1.18 bits per heavy atom. The van der Waals surface area contributed by atoms with Gasteiger partial charge in [0.15, 0.2) is 0 Å². The lowest BCUT2D eigenvalue weighted by molar-refractivity contribution is 0.0951. The molecular weight excluding hydrogens is 274 g/mol. The molecule has 1 heterocycles. The van der Waals surface area contributed by atoms with Crippen molar-refractivity contribution in [3.8, 4) is 0 Å². The lowest BCUT2D eigenvalue weighted by Crippen LogP contribution is -2.22. The lowest BCUT2D eigenvalue weighted by atomic mass is 10.1. The van der Waals surface area contributed by atoms with Crippen LogP contribution in [-0.2, 0) is 13.0 Å². The number of amides is 1. The van der Waals surface area contributed by atoms with E-state index in [9.17, 15) is 4.79 Å². The van der Waals surface area contributed by atoms with Gasteiger partial charge in [0, 0.05) is 18.5 Å². The maximum atomic E-state index is 12.3. The molecule has 0 bridgehead atoms. The summed E-state index contributed by atoms with van der Waals surface area (Å²) in [7, 11) is 0. The Bertz CT molecular complexity index is 803. The molecule has 1 aromatic heterocycles. The number of hydrogen-bond acceptors (Lipinski definition) is 2. The molecule has 1 amide bonds. The molecule has 4 nitrogen and oxygen atoms in total. The summed E-state index contributed by atoms with van der Waals surface area (Å²) in [6, 6.07) is 13.7. The second-order valence-corrected chi connectivity index (χ2v) is 5.44. The first-order chi connectivity index (χ1) is 10.7. The van der Waals surface area contributed by atoms with Crippen molar-refractivity contribution in [2.45, 2.75) is 26.8 Å². The van der Waals surface area contributed by atoms with Gasteiger partial charge < -0.3 is 10.3 Å². The monoisotopic (exact) mass is 293 g/mol. The number of nitrogens with zero attached hydrogens (tertiary/aromatic N) is 1. The minimum Gasteiger partial charge on any atom is -0.348 e. The highest BCUT2D eigenvalue weighted by Crippen LogP contribution is 2.14. The van der Waals surface area contributed by atoms with Crippen molar-refractivity contribution in [2.75, 3.05) is 0 Å². The fourth-order valence-electron chi connectivity index (χ4n) is 2.36. The largest absolute Gasteiger partial charge is 0.348 e. The van der Waals surface area contributed by atoms with Crippen LogP contribution < -0.4 is 5.32 Å². The smallest absolute Gasteiger partial charge is 0.251 e. The normalized spacial score (nSPS) is 10.8. The summed E-state index contributed by atoms with van der Waals surface area (Å²) in [6.45, 7) is 4.62. The molecule has 3 aromatic rings. The Labute approximate surface area is 129 Å². The van der Waals surface area contributed by atoms with E-state index in [1.54, 1.807) is 0 Å². The lowest BCUT2D eigenvalue weighted by Gasteiger charge is -2.06. The zero-order valence-electron chi connectivity index (χ0n) is 12.8. The van der Waals surface area contributed by atoms with Crippen molar-refractivity contribution >= 4 is 16.9 Å². The Kier molecular flexibility index (Phi) is 3.92. The van der Waals surface area contributed by atoms with Crippen LogP contribution in [0, 0.1) is 6.92 Å². The number of fused-ring (bicyclic) bond motifs is 1. The highest BCUT2D eigenvalue weighted by Gasteiger charge is 2.08. The predicted molar refractivity (Wildman–Crippen MR) is 87.8 cm³/mol. The summed E-state index contributed by atoms with van der Waals surface area (Å²) in [5, 5.41) is 2.95. The van der Waals surface area contributed by atoms with Gasteiger partial charge >= 0.3 is 0 Å². The third kappa shape index (κ3) is 3.01. The molecule has 0 radical (unpaired) electrons. The molecule has 0 saturated carbocycles. The van der Waals surface area contributed by atoms with Gasteiger partial charge in [-0.25, -0.2) is 4.98 Å². The topological polar surface area (TPSA) is 57.8 Å². The zero-order valence-corrected chi connectivity index (χ0v) is 12.8. The highest BCUT2D eigenvalue weighted by atomic mass is 16.1. The maximum Gasteiger partial charge on any atom is 0.251 e. The fourth-order valence-corrected chi connectivity index (χ4v) is 2.36. The van der Waals surface area contributed by atoms with E-state index in [1.165, 1.54) is 5.56 Å². The Morgan fingerprint density at radius 3 is 2.68 bits per heavy atom. The summed E-state index contributed by atoms with van der Waals surface area (Å²) >= 11 is 0. The number of carbonyl (C=O) groups is 1. The number of aromatic nitrogens is 2. The third-order valence-electron chi connectivity index (χ3n) is 3.70. The van der Waals surface area contributed by atoms with Crippen LogP contribution in [0.3, 0.4) is 0 Å². The van der Waals surface area contributed by atoms with Crippen molar-refractivity contribution in [2.24, 2.45) is 0 Å². The number of aryl methyl sites for hydroxylation is 2. The van der Waals surface area contributed by atoms with Crippen LogP contribution in [-0.4, -0.2) is 15.9 Å². The van der Waals surface area contributed by atoms with E-state index in [2.05, 4.69) is 15.3 Å². The number of hydrogen-bond donors (Lipinski definition) is 2. The molecule has 2 N–H and O–H groups in total. The average molecular weight is 293 g/mol. The van der Waals surface area contributed by atoms with E-state index in [0.29, 0.717) is 12.1 Å². The van der Waals surface area contributed by atoms with Crippen molar-refractivity contribution in [1.82, 2.24) is 15.3 Å². The van der Waals surface area contributed by atoms with Crippen molar-refractivity contribution in [3.63, 3.8) is 0 Å². The number of imidazole rings is 1. The molecule has 22 heavy (non-hydrogen) atoms. The van der Waals surface area contributed by atoms with Gasteiger partial charge in [0.05, 0.1) is 11.0 Å². The standard InChI is InChI=1S/C18H19N3O/c1-3-17-20-15-9-8-14(10-16(15)21-17)18(22)19-11-13-6-4-12(2)5-7-13/h4-10H,3,11H2,1-2H3,(H,19,22)(H,20,21). The minimum absolute atomic E-state index is 0.0740. The van der Waals surface area contributed by atoms with Crippen LogP contribution in [0.2, 0.25) is 0 Å². The van der Waals surface area contributed by atoms with Crippen LogP contribution in [0.1, 0.15) is 34.2 Å². The van der Waals surface area contributed by atoms with Gasteiger partial charge in [0.25, 0.3) is 5.91 Å². The van der Waals surface area contributed by atoms with E-state index in [0.717, 1.165) is 28.8 Å². The van der Waals surface area contributed by atoms with Crippen LogP contribution >= 0.6 is 0 Å². The molecule has 0 unspecified atom stereocenters. The van der Waals surface area contributed by atoms with E-state index < -0.39 is 0 Å². The van der Waals surface area contributed by atoms with Crippen LogP contribution in [0.15, 0.2) is 42.5 Å². The molecule has 0 aliphatic rings. The first-order valence-corrected chi connectivity index (χ1v) is 7.48. The third-order valence-corrected chi connectivity index (χ3v) is 3.70. The van der Waals surface area contributed by atoms with E-state index in [1.807, 2.05) is 56.3 Å². The molecule has 0 aliphatic carbocycles. The molecule has 4 heteroatoms. The molecule has 112 valence electrons. The quantitative estimate of drug-likeness (QED) is 0.775. The molecule has 0 atom stereocenters. The summed E-state index contributed by atoms with van der Waals surface area (Å²) in [6.07, 6.45) is 0.851. The minimum atomic E-state index is -0.0740. The van der Waals surface area contributed by atoms with Crippen LogP contribution in [0.25, 0.3) is 11.0 Å². The van der Waals surface area contributed by atoms with Gasteiger partial charge in [-0.05, 0) is 30.7 Å². The SMILES string of the molecule is CCc1nc2ccc(C(=O)NCc3ccc(C)cc3)cc2[nH]1. The summed E-state index contributed by atoms with van der Waals surface area (Å²) in [5.41, 5.74) is 4.75. The molecular formula is C18H19N3O. The molecule has 2 aromatic carbocycles. The molecule has 0 aliphatic heterocycles. The maximum absolute atomic E-state index is 12.3. The molecule has 0 spiro atoms. The summed E-state index contributed by atoms with van der Waals surface area (Å²) < 4.78 is 0. The van der Waals surface area contributed by atoms with Crippen molar-refractivity contribution < 1.29 is 4.79 Å². The summed E-state index contributed by atoms with van der Waals surface area (Å²) in [5.74, 6) is 0.863. The van der Waals surface area contributed by atoms with Gasteiger partial charge in [-0.2, -0.15) is 0 Å². The number of nitrogens with one attached hydrogen (secondary N) is 2. The zero-order chi connectivity index (χ0) is 15.5. The van der Waals surface area contributed by atoms with Crippen LogP contribution in [0.4, 0.5) is 0 Å². The van der Waals surface area contributed by atoms with E-state index in [-0.39, 0.29) is 5.91 Å². The van der Waals surface area contributed by atoms with Gasteiger partial charge in [-0.1, -0.05) is 36.8 Å².